The molecule has 0 spiro atoms. The molecule has 4 nitrogen and oxygen atoms in total. The standard InChI is InChI=1S/C20H40O4S2Si.B/c1-15(21)10-11-20(6,7)26-25-14-22-17-12-16(2)24-18(17)13-23-27(8,9)19(3,4)5;/h16-18H,10-14H2,1-9H3;/t16-,17?,18+;/m0./s1. The maximum Gasteiger partial charge on any atom is 0.192 e. The molecule has 0 N–H and O–H groups in total. The molecule has 3 radical (unpaired) electrons. The molecule has 1 rings (SSSR count). The van der Waals surface area contributed by atoms with Crippen LogP contribution in [-0.2, 0) is 18.7 Å². The first kappa shape index (κ1) is 28.5. The maximum absolute atomic E-state index is 11.2. The van der Waals surface area contributed by atoms with Crippen LogP contribution in [0.3, 0.4) is 0 Å². The Kier molecular flexibility index (Phi) is 12.0. The first-order valence-corrected chi connectivity index (χ1v) is 15.2. The van der Waals surface area contributed by atoms with Crippen molar-refractivity contribution in [2.75, 3.05) is 12.5 Å². The molecule has 0 aromatic heterocycles. The van der Waals surface area contributed by atoms with E-state index in [4.69, 9.17) is 13.9 Å². The number of carbonyl (C=O) groups is 1. The van der Waals surface area contributed by atoms with Crippen LogP contribution >= 0.6 is 21.6 Å². The van der Waals surface area contributed by atoms with Gasteiger partial charge in [0.15, 0.2) is 8.32 Å². The Morgan fingerprint density at radius 1 is 1.21 bits per heavy atom. The van der Waals surface area contributed by atoms with Crippen molar-refractivity contribution in [3.8, 4) is 0 Å². The van der Waals surface area contributed by atoms with Gasteiger partial charge in [-0.1, -0.05) is 42.4 Å². The highest BCUT2D eigenvalue weighted by Crippen LogP contribution is 2.40. The highest BCUT2D eigenvalue weighted by Gasteiger charge is 2.40. The number of hydrogen-bond acceptors (Lipinski definition) is 6. The van der Waals surface area contributed by atoms with Gasteiger partial charge in [0.1, 0.15) is 17.8 Å². The SMILES string of the molecule is CC(=O)CCC(C)(C)SSCOC1C[C@H](C)O[C@@H]1CO[Si](C)(C)C(C)(C)C.[B]. The second-order valence-corrected chi connectivity index (χ2v) is 17.5. The third-order valence-electron chi connectivity index (χ3n) is 5.49. The first-order chi connectivity index (χ1) is 12.2. The van der Waals surface area contributed by atoms with E-state index in [-0.39, 0.29) is 42.3 Å². The lowest BCUT2D eigenvalue weighted by molar-refractivity contribution is -0.117. The van der Waals surface area contributed by atoms with E-state index >= 15 is 0 Å². The third-order valence-corrected chi connectivity index (χ3v) is 13.0. The second-order valence-electron chi connectivity index (χ2n) is 9.78. The number of hydrogen-bond donors (Lipinski definition) is 0. The van der Waals surface area contributed by atoms with Gasteiger partial charge in [0.05, 0.1) is 18.8 Å². The van der Waals surface area contributed by atoms with Crippen molar-refractivity contribution in [1.29, 1.82) is 0 Å². The van der Waals surface area contributed by atoms with Crippen LogP contribution in [0.5, 0.6) is 0 Å². The summed E-state index contributed by atoms with van der Waals surface area (Å²) < 4.78 is 18.6. The zero-order valence-electron chi connectivity index (χ0n) is 19.3. The predicted molar refractivity (Wildman–Crippen MR) is 127 cm³/mol. The van der Waals surface area contributed by atoms with Crippen LogP contribution in [0.15, 0.2) is 0 Å². The van der Waals surface area contributed by atoms with Crippen molar-refractivity contribution in [1.82, 2.24) is 0 Å². The van der Waals surface area contributed by atoms with Crippen LogP contribution in [0.4, 0.5) is 0 Å². The summed E-state index contributed by atoms with van der Waals surface area (Å²) in [6, 6.07) is 0. The van der Waals surface area contributed by atoms with Crippen LogP contribution in [-0.4, -0.2) is 58.1 Å². The summed E-state index contributed by atoms with van der Waals surface area (Å²) in [5, 5.41) is 0.200. The van der Waals surface area contributed by atoms with Gasteiger partial charge < -0.3 is 18.7 Å². The van der Waals surface area contributed by atoms with Gasteiger partial charge in [-0.2, -0.15) is 0 Å². The summed E-state index contributed by atoms with van der Waals surface area (Å²) in [7, 11) is 1.75. The van der Waals surface area contributed by atoms with E-state index in [0.717, 1.165) is 12.8 Å². The van der Waals surface area contributed by atoms with Crippen molar-refractivity contribution in [3.63, 3.8) is 0 Å². The number of carbonyl (C=O) groups excluding carboxylic acids is 1. The molecule has 0 aromatic carbocycles. The zero-order chi connectivity index (χ0) is 20.9. The summed E-state index contributed by atoms with van der Waals surface area (Å²) in [6.07, 6.45) is 2.79. The highest BCUT2D eigenvalue weighted by atomic mass is 33.1. The molecule has 1 aliphatic heterocycles. The molecule has 8 heteroatoms. The summed E-state index contributed by atoms with van der Waals surface area (Å²) in [5.74, 6) is 0.887. The molecule has 0 bridgehead atoms. The minimum atomic E-state index is -1.78. The van der Waals surface area contributed by atoms with Crippen molar-refractivity contribution >= 4 is 44.1 Å². The van der Waals surface area contributed by atoms with Crippen LogP contribution < -0.4 is 0 Å². The summed E-state index contributed by atoms with van der Waals surface area (Å²) >= 11 is 0. The Bertz CT molecular complexity index is 483. The summed E-state index contributed by atoms with van der Waals surface area (Å²) in [6.45, 7) is 20.1. The fourth-order valence-electron chi connectivity index (χ4n) is 2.57. The number of Topliss-reactive ketones (excluding diaryl/α,β-unsaturated/α-hetero) is 1. The Labute approximate surface area is 184 Å². The lowest BCUT2D eigenvalue weighted by Crippen LogP contribution is -2.44. The van der Waals surface area contributed by atoms with Crippen molar-refractivity contribution in [3.05, 3.63) is 0 Å². The van der Waals surface area contributed by atoms with Gasteiger partial charge in [-0.15, -0.1) is 0 Å². The van der Waals surface area contributed by atoms with E-state index in [2.05, 4.69) is 54.6 Å². The van der Waals surface area contributed by atoms with E-state index < -0.39 is 8.32 Å². The van der Waals surface area contributed by atoms with Crippen LogP contribution in [0.2, 0.25) is 18.1 Å². The molecule has 0 aromatic rings. The third kappa shape index (κ3) is 10.0. The first-order valence-electron chi connectivity index (χ1n) is 9.94. The topological polar surface area (TPSA) is 44.8 Å². The average Bonchev–Trinajstić information content (AvgIpc) is 2.87. The van der Waals surface area contributed by atoms with Gasteiger partial charge in [-0.3, -0.25) is 0 Å². The Balaban J connectivity index is 0.00000729. The quantitative estimate of drug-likeness (QED) is 0.176. The van der Waals surface area contributed by atoms with Crippen LogP contribution in [0.1, 0.15) is 67.7 Å². The molecule has 1 unspecified atom stereocenters. The van der Waals surface area contributed by atoms with Gasteiger partial charge in [-0.05, 0) is 52.2 Å². The molecule has 1 saturated heterocycles. The molecule has 1 fully saturated rings. The largest absolute Gasteiger partial charge is 0.414 e. The maximum atomic E-state index is 11.2. The lowest BCUT2D eigenvalue weighted by Gasteiger charge is -2.37. The number of ketones is 1. The molecule has 3 atom stereocenters. The van der Waals surface area contributed by atoms with Crippen molar-refractivity contribution in [2.24, 2.45) is 0 Å². The molecule has 1 heterocycles. The Morgan fingerprint density at radius 2 is 1.82 bits per heavy atom. The minimum absolute atomic E-state index is 0. The van der Waals surface area contributed by atoms with Crippen molar-refractivity contribution < 1.29 is 18.7 Å². The fourth-order valence-corrected chi connectivity index (χ4v) is 5.88. The van der Waals surface area contributed by atoms with E-state index in [1.54, 1.807) is 28.5 Å². The predicted octanol–water partition coefficient (Wildman–Crippen LogP) is 5.68. The zero-order valence-corrected chi connectivity index (χ0v) is 21.9. The van der Waals surface area contributed by atoms with Crippen LogP contribution in [0, 0.1) is 0 Å². The normalized spacial score (nSPS) is 23.5. The molecule has 0 saturated carbocycles. The Hall–Kier alpha value is 0.532. The molecule has 0 amide bonds. The van der Waals surface area contributed by atoms with E-state index in [0.29, 0.717) is 19.0 Å². The van der Waals surface area contributed by atoms with Gasteiger partial charge >= 0.3 is 0 Å². The monoisotopic (exact) mass is 447 g/mol. The molecular weight excluding hydrogens is 407 g/mol. The van der Waals surface area contributed by atoms with E-state index in [1.807, 2.05) is 0 Å². The second kappa shape index (κ2) is 11.8. The van der Waals surface area contributed by atoms with E-state index in [9.17, 15) is 4.79 Å². The van der Waals surface area contributed by atoms with E-state index in [1.165, 1.54) is 0 Å². The van der Waals surface area contributed by atoms with Gasteiger partial charge in [0.25, 0.3) is 0 Å². The highest BCUT2D eigenvalue weighted by molar-refractivity contribution is 8.77. The fraction of sp³-hybridized carbons (Fsp3) is 0.950. The number of rotatable bonds is 11. The average molecular weight is 448 g/mol. The minimum Gasteiger partial charge on any atom is -0.414 e. The van der Waals surface area contributed by atoms with Gasteiger partial charge in [0.2, 0.25) is 0 Å². The summed E-state index contributed by atoms with van der Waals surface area (Å²) in [5.41, 5.74) is 0. The lowest BCUT2D eigenvalue weighted by atomic mass is 10.1. The molecule has 0 aliphatic carbocycles. The Morgan fingerprint density at radius 3 is 2.36 bits per heavy atom. The summed E-state index contributed by atoms with van der Waals surface area (Å²) in [4.78, 5) is 11.2. The molecule has 163 valence electrons. The molecular formula is C20H40BO4S2Si. The molecule has 28 heavy (non-hydrogen) atoms. The van der Waals surface area contributed by atoms with Gasteiger partial charge in [-0.25, -0.2) is 0 Å². The van der Waals surface area contributed by atoms with Gasteiger partial charge in [0, 0.05) is 26.0 Å². The van der Waals surface area contributed by atoms with Crippen LogP contribution in [0.25, 0.3) is 0 Å². The number of ether oxygens (including phenoxy) is 2. The van der Waals surface area contributed by atoms with Crippen molar-refractivity contribution in [2.45, 2.75) is 109 Å². The molecule has 1 aliphatic rings. The smallest absolute Gasteiger partial charge is 0.192 e.